The molecule has 1 amide bonds. The third kappa shape index (κ3) is 2.21. The lowest BCUT2D eigenvalue weighted by Crippen LogP contribution is -2.45. The Balaban J connectivity index is 1.85. The predicted molar refractivity (Wildman–Crippen MR) is 64.6 cm³/mol. The van der Waals surface area contributed by atoms with Crippen molar-refractivity contribution in [3.8, 4) is 5.75 Å². The Morgan fingerprint density at radius 1 is 0.864 bits per heavy atom. The summed E-state index contributed by atoms with van der Waals surface area (Å²) in [6.07, 6.45) is 2.10. The molecule has 1 unspecified atom stereocenters. The molecule has 8 heteroatoms. The number of nitrogens with zero attached hydrogens (tertiary/aromatic N) is 1. The van der Waals surface area contributed by atoms with E-state index in [9.17, 15) is 26.7 Å². The molecule has 3 nitrogen and oxygen atoms in total. The van der Waals surface area contributed by atoms with Crippen molar-refractivity contribution in [1.29, 1.82) is 0 Å². The number of halogens is 5. The number of rotatable bonds is 3. The van der Waals surface area contributed by atoms with Crippen molar-refractivity contribution >= 4 is 6.41 Å². The molecule has 3 rings (SSSR count). The molecule has 22 heavy (non-hydrogen) atoms. The monoisotopic (exact) mass is 321 g/mol. The Hall–Kier alpha value is -1.86. The first-order valence-electron chi connectivity index (χ1n) is 6.84. The van der Waals surface area contributed by atoms with E-state index < -0.39 is 40.9 Å². The molecule has 1 aromatic rings. The zero-order chi connectivity index (χ0) is 16.0. The minimum Gasteiger partial charge on any atom is -0.484 e. The molecular weight excluding hydrogens is 309 g/mol. The lowest BCUT2D eigenvalue weighted by molar-refractivity contribution is -0.123. The van der Waals surface area contributed by atoms with Gasteiger partial charge in [-0.05, 0) is 12.8 Å². The van der Waals surface area contributed by atoms with E-state index >= 15 is 0 Å². The van der Waals surface area contributed by atoms with E-state index in [0.29, 0.717) is 12.8 Å². The van der Waals surface area contributed by atoms with Gasteiger partial charge in [-0.1, -0.05) is 0 Å². The summed E-state index contributed by atoms with van der Waals surface area (Å²) in [5, 5.41) is 0. The van der Waals surface area contributed by atoms with Crippen LogP contribution in [-0.2, 0) is 4.79 Å². The van der Waals surface area contributed by atoms with Crippen LogP contribution in [0.2, 0.25) is 0 Å². The minimum absolute atomic E-state index is 0.123. The summed E-state index contributed by atoms with van der Waals surface area (Å²) in [5.41, 5.74) is 0. The van der Waals surface area contributed by atoms with Crippen LogP contribution in [0.3, 0.4) is 0 Å². The Morgan fingerprint density at radius 2 is 1.32 bits per heavy atom. The topological polar surface area (TPSA) is 29.5 Å². The molecule has 120 valence electrons. The molecular formula is C14H12F5NO2. The Morgan fingerprint density at radius 3 is 1.77 bits per heavy atom. The van der Waals surface area contributed by atoms with E-state index in [1.54, 1.807) is 4.90 Å². The van der Waals surface area contributed by atoms with Crippen molar-refractivity contribution < 1.29 is 31.5 Å². The molecule has 2 heterocycles. The summed E-state index contributed by atoms with van der Waals surface area (Å²) in [4.78, 5) is 12.6. The number of benzene rings is 1. The molecule has 0 radical (unpaired) electrons. The smallest absolute Gasteiger partial charge is 0.210 e. The summed E-state index contributed by atoms with van der Waals surface area (Å²) in [6.45, 7) is 0. The summed E-state index contributed by atoms with van der Waals surface area (Å²) in [5.74, 6) is -11.5. The van der Waals surface area contributed by atoms with Crippen molar-refractivity contribution in [2.75, 3.05) is 0 Å². The van der Waals surface area contributed by atoms with Crippen molar-refractivity contribution in [2.24, 2.45) is 0 Å². The summed E-state index contributed by atoms with van der Waals surface area (Å²) < 4.78 is 71.5. The number of carbonyl (C=O) groups excluding carboxylic acids is 1. The van der Waals surface area contributed by atoms with Crippen molar-refractivity contribution in [3.63, 3.8) is 0 Å². The second kappa shape index (κ2) is 5.40. The highest BCUT2D eigenvalue weighted by molar-refractivity contribution is 5.50. The number of fused-ring (bicyclic) bond motifs is 2. The highest BCUT2D eigenvalue weighted by atomic mass is 19.2. The lowest BCUT2D eigenvalue weighted by Gasteiger charge is -2.36. The number of hydrogen-bond donors (Lipinski definition) is 0. The number of piperidine rings is 1. The molecule has 0 saturated carbocycles. The second-order valence-electron chi connectivity index (χ2n) is 5.55. The fourth-order valence-corrected chi connectivity index (χ4v) is 3.29. The van der Waals surface area contributed by atoms with Gasteiger partial charge in [0.2, 0.25) is 35.5 Å². The summed E-state index contributed by atoms with van der Waals surface area (Å²) in [7, 11) is 0. The van der Waals surface area contributed by atoms with E-state index in [2.05, 4.69) is 0 Å². The maximum absolute atomic E-state index is 13.6. The quantitative estimate of drug-likeness (QED) is 0.371. The van der Waals surface area contributed by atoms with Crippen LogP contribution in [-0.4, -0.2) is 29.5 Å². The normalized spacial score (nSPS) is 27.1. The first-order chi connectivity index (χ1) is 10.4. The SMILES string of the molecule is O=CN1[C@@H]2CC[C@H]1CC(Oc1c(F)c(F)c(F)c(F)c1F)C2. The van der Waals surface area contributed by atoms with E-state index in [1.807, 2.05) is 0 Å². The maximum atomic E-state index is 13.6. The molecule has 2 saturated heterocycles. The van der Waals surface area contributed by atoms with E-state index in [-0.39, 0.29) is 12.1 Å². The van der Waals surface area contributed by atoms with Crippen LogP contribution in [0, 0.1) is 29.1 Å². The fourth-order valence-electron chi connectivity index (χ4n) is 3.29. The van der Waals surface area contributed by atoms with Crippen molar-refractivity contribution in [3.05, 3.63) is 29.1 Å². The Kier molecular flexibility index (Phi) is 3.70. The van der Waals surface area contributed by atoms with Gasteiger partial charge in [-0.3, -0.25) is 4.79 Å². The van der Waals surface area contributed by atoms with E-state index in [4.69, 9.17) is 4.74 Å². The first kappa shape index (κ1) is 15.1. The Bertz CT molecular complexity index is 581. The molecule has 2 fully saturated rings. The van der Waals surface area contributed by atoms with E-state index in [0.717, 1.165) is 19.3 Å². The molecule has 2 aliphatic heterocycles. The van der Waals surface area contributed by atoms with Gasteiger partial charge in [0.1, 0.15) is 6.10 Å². The first-order valence-corrected chi connectivity index (χ1v) is 6.84. The number of ether oxygens (including phenoxy) is 1. The second-order valence-corrected chi connectivity index (χ2v) is 5.55. The zero-order valence-corrected chi connectivity index (χ0v) is 11.3. The average Bonchev–Trinajstić information content (AvgIpc) is 2.77. The van der Waals surface area contributed by atoms with Gasteiger partial charge < -0.3 is 9.64 Å². The molecule has 0 spiro atoms. The molecule has 1 aromatic carbocycles. The molecule has 2 aliphatic rings. The van der Waals surface area contributed by atoms with Gasteiger partial charge >= 0.3 is 0 Å². The van der Waals surface area contributed by atoms with Crippen molar-refractivity contribution in [1.82, 2.24) is 4.90 Å². The predicted octanol–water partition coefficient (Wildman–Crippen LogP) is 2.91. The van der Waals surface area contributed by atoms with Gasteiger partial charge in [-0.15, -0.1) is 0 Å². The van der Waals surface area contributed by atoms with E-state index in [1.165, 1.54) is 0 Å². The van der Waals surface area contributed by atoms with Crippen LogP contribution in [0.15, 0.2) is 0 Å². The minimum atomic E-state index is -2.21. The Labute approximate surface area is 122 Å². The van der Waals surface area contributed by atoms with Crippen LogP contribution in [0.25, 0.3) is 0 Å². The van der Waals surface area contributed by atoms with Crippen LogP contribution in [0.1, 0.15) is 25.7 Å². The van der Waals surface area contributed by atoms with Gasteiger partial charge in [-0.25, -0.2) is 13.2 Å². The number of carbonyl (C=O) groups is 1. The van der Waals surface area contributed by atoms with Crippen LogP contribution >= 0.6 is 0 Å². The van der Waals surface area contributed by atoms with Gasteiger partial charge in [0.15, 0.2) is 5.75 Å². The highest BCUT2D eigenvalue weighted by Gasteiger charge is 2.41. The molecule has 0 N–H and O–H groups in total. The lowest BCUT2D eigenvalue weighted by atomic mass is 10.0. The van der Waals surface area contributed by atoms with Gasteiger partial charge in [0.25, 0.3) is 0 Å². The fraction of sp³-hybridized carbons (Fsp3) is 0.500. The summed E-state index contributed by atoms with van der Waals surface area (Å²) in [6, 6.07) is -0.245. The highest BCUT2D eigenvalue weighted by Crippen LogP contribution is 2.38. The average molecular weight is 321 g/mol. The molecule has 2 bridgehead atoms. The van der Waals surface area contributed by atoms with Crippen LogP contribution < -0.4 is 4.74 Å². The molecule has 0 aromatic heterocycles. The van der Waals surface area contributed by atoms with Gasteiger partial charge in [0.05, 0.1) is 0 Å². The van der Waals surface area contributed by atoms with Crippen LogP contribution in [0.5, 0.6) is 5.75 Å². The number of amides is 1. The largest absolute Gasteiger partial charge is 0.484 e. The van der Waals surface area contributed by atoms with Crippen molar-refractivity contribution in [2.45, 2.75) is 43.9 Å². The van der Waals surface area contributed by atoms with Crippen LogP contribution in [0.4, 0.5) is 22.0 Å². The number of hydrogen-bond acceptors (Lipinski definition) is 2. The molecule has 0 aliphatic carbocycles. The third-order valence-corrected chi connectivity index (χ3v) is 4.32. The van der Waals surface area contributed by atoms with Gasteiger partial charge in [0, 0.05) is 24.9 Å². The third-order valence-electron chi connectivity index (χ3n) is 4.32. The zero-order valence-electron chi connectivity index (χ0n) is 11.3. The standard InChI is InChI=1S/C14H12F5NO2/c15-9-10(16)12(18)14(13(19)11(9)17)22-8-3-6-1-2-7(4-8)20(6)5-21/h5-8H,1-4H2/t6-,7+,8?. The van der Waals surface area contributed by atoms with Gasteiger partial charge in [-0.2, -0.15) is 8.78 Å². The maximum Gasteiger partial charge on any atom is 0.210 e. The summed E-state index contributed by atoms with van der Waals surface area (Å²) >= 11 is 0. The molecule has 3 atom stereocenters.